The third-order valence-electron chi connectivity index (χ3n) is 13.7. The van der Waals surface area contributed by atoms with E-state index in [0.29, 0.717) is 23.7 Å². The monoisotopic (exact) mass is 731 g/mol. The maximum Gasteiger partial charge on any atom is 0.123 e. The predicted molar refractivity (Wildman–Crippen MR) is 236 cm³/mol. The second-order valence-electron chi connectivity index (χ2n) is 16.4. The number of ether oxygens (including phenoxy) is 1. The lowest BCUT2D eigenvalue weighted by Gasteiger charge is -2.43. The molecule has 0 aromatic heterocycles. The summed E-state index contributed by atoms with van der Waals surface area (Å²) in [6, 6.07) is 67.1. The maximum absolute atomic E-state index is 6.73. The van der Waals surface area contributed by atoms with Crippen molar-refractivity contribution in [3.8, 4) is 28.0 Å². The van der Waals surface area contributed by atoms with E-state index in [-0.39, 0.29) is 11.5 Å². The van der Waals surface area contributed by atoms with Crippen LogP contribution in [0.1, 0.15) is 23.5 Å². The number of allylic oxidation sites excluding steroid dienone is 3. The summed E-state index contributed by atoms with van der Waals surface area (Å²) in [5, 5.41) is 5.06. The van der Waals surface area contributed by atoms with Gasteiger partial charge in [0.15, 0.2) is 0 Å². The Labute approximate surface area is 334 Å². The van der Waals surface area contributed by atoms with Crippen molar-refractivity contribution < 1.29 is 4.74 Å². The Morgan fingerprint density at radius 1 is 0.491 bits per heavy atom. The van der Waals surface area contributed by atoms with Crippen molar-refractivity contribution in [2.75, 3.05) is 4.90 Å². The summed E-state index contributed by atoms with van der Waals surface area (Å²) in [7, 11) is 0. The van der Waals surface area contributed by atoms with Crippen LogP contribution >= 0.6 is 0 Å². The van der Waals surface area contributed by atoms with E-state index < -0.39 is 0 Å². The Balaban J connectivity index is 0.936. The molecule has 4 aliphatic rings. The molecule has 0 amide bonds. The molecule has 6 unspecified atom stereocenters. The SMILES string of the molecule is C1=CC2C3Oc4ccccc4C3C3CC3(c3ccc(N(c4ccc(-c5cccc6ccccc56)cc4)c4ccc(-c5cccc6ccccc56)cc4)cc3)C2C=C1. The third kappa shape index (κ3) is 5.03. The van der Waals surface area contributed by atoms with Crippen molar-refractivity contribution in [1.82, 2.24) is 0 Å². The van der Waals surface area contributed by atoms with Gasteiger partial charge in [-0.15, -0.1) is 0 Å². The molecule has 8 aromatic rings. The fourth-order valence-electron chi connectivity index (χ4n) is 11.0. The van der Waals surface area contributed by atoms with Crippen molar-refractivity contribution in [3.05, 3.63) is 217 Å². The highest BCUT2D eigenvalue weighted by Crippen LogP contribution is 2.73. The lowest BCUT2D eigenvalue weighted by Crippen LogP contribution is -2.45. The lowest BCUT2D eigenvalue weighted by atomic mass is 9.62. The number of anilines is 3. The molecule has 0 N–H and O–H groups in total. The predicted octanol–water partition coefficient (Wildman–Crippen LogP) is 14.0. The zero-order valence-corrected chi connectivity index (χ0v) is 31.6. The number of hydrogen-bond acceptors (Lipinski definition) is 2. The first-order valence-corrected chi connectivity index (χ1v) is 20.4. The number of para-hydroxylation sites is 1. The molecule has 1 heterocycles. The molecule has 0 radical (unpaired) electrons. The van der Waals surface area contributed by atoms with Crippen LogP contribution in [0.3, 0.4) is 0 Å². The topological polar surface area (TPSA) is 12.5 Å². The largest absolute Gasteiger partial charge is 0.489 e. The number of rotatable bonds is 6. The van der Waals surface area contributed by atoms with Crippen molar-refractivity contribution in [1.29, 1.82) is 0 Å². The molecule has 1 aliphatic heterocycles. The Hall–Kier alpha value is -6.64. The van der Waals surface area contributed by atoms with Crippen LogP contribution in [-0.2, 0) is 5.41 Å². The van der Waals surface area contributed by atoms with Gasteiger partial charge in [-0.2, -0.15) is 0 Å². The van der Waals surface area contributed by atoms with Gasteiger partial charge in [-0.3, -0.25) is 0 Å². The Morgan fingerprint density at radius 2 is 1.02 bits per heavy atom. The average Bonchev–Trinajstić information content (AvgIpc) is 3.93. The number of benzene rings is 8. The van der Waals surface area contributed by atoms with Gasteiger partial charge in [-0.1, -0.05) is 164 Å². The molecule has 272 valence electrons. The van der Waals surface area contributed by atoms with E-state index in [9.17, 15) is 0 Å². The fraction of sp³-hybridized carbons (Fsp3) is 0.127. The summed E-state index contributed by atoms with van der Waals surface area (Å²) in [6.07, 6.45) is 10.8. The van der Waals surface area contributed by atoms with Gasteiger partial charge in [0, 0.05) is 39.9 Å². The van der Waals surface area contributed by atoms with Gasteiger partial charge in [-0.25, -0.2) is 0 Å². The summed E-state index contributed by atoms with van der Waals surface area (Å²) < 4.78 is 6.73. The van der Waals surface area contributed by atoms with Crippen LogP contribution < -0.4 is 9.64 Å². The molecule has 2 heteroatoms. The van der Waals surface area contributed by atoms with E-state index >= 15 is 0 Å². The molecule has 2 saturated carbocycles. The summed E-state index contributed by atoms with van der Waals surface area (Å²) in [4.78, 5) is 2.41. The minimum absolute atomic E-state index is 0.109. The molecule has 0 spiro atoms. The highest BCUT2D eigenvalue weighted by molar-refractivity contribution is 5.98. The zero-order chi connectivity index (χ0) is 37.5. The highest BCUT2D eigenvalue weighted by Gasteiger charge is 2.71. The van der Waals surface area contributed by atoms with Gasteiger partial charge in [-0.05, 0) is 110 Å². The molecule has 6 atom stereocenters. The van der Waals surface area contributed by atoms with Crippen LogP contribution in [0.5, 0.6) is 5.75 Å². The first-order valence-electron chi connectivity index (χ1n) is 20.4. The second kappa shape index (κ2) is 12.7. The van der Waals surface area contributed by atoms with Crippen LogP contribution in [0.2, 0.25) is 0 Å². The van der Waals surface area contributed by atoms with Gasteiger partial charge >= 0.3 is 0 Å². The zero-order valence-electron chi connectivity index (χ0n) is 31.6. The normalized spacial score (nSPS) is 23.6. The van der Waals surface area contributed by atoms with E-state index in [2.05, 4.69) is 211 Å². The third-order valence-corrected chi connectivity index (χ3v) is 13.7. The summed E-state index contributed by atoms with van der Waals surface area (Å²) >= 11 is 0. The van der Waals surface area contributed by atoms with Gasteiger partial charge in [0.05, 0.1) is 0 Å². The lowest BCUT2D eigenvalue weighted by molar-refractivity contribution is 0.0812. The first-order chi connectivity index (χ1) is 28.2. The Bertz CT molecular complexity index is 2750. The Kier molecular flexibility index (Phi) is 7.26. The minimum Gasteiger partial charge on any atom is -0.489 e. The van der Waals surface area contributed by atoms with Crippen molar-refractivity contribution in [2.45, 2.75) is 23.9 Å². The Morgan fingerprint density at radius 3 is 1.65 bits per heavy atom. The molecule has 8 aromatic carbocycles. The van der Waals surface area contributed by atoms with Gasteiger partial charge in [0.2, 0.25) is 0 Å². The molecule has 57 heavy (non-hydrogen) atoms. The molecule has 12 rings (SSSR count). The van der Waals surface area contributed by atoms with Crippen LogP contribution in [-0.4, -0.2) is 6.10 Å². The number of hydrogen-bond donors (Lipinski definition) is 0. The fourth-order valence-corrected chi connectivity index (χ4v) is 11.0. The minimum atomic E-state index is 0.109. The molecular weight excluding hydrogens is 691 g/mol. The molecule has 2 nitrogen and oxygen atoms in total. The van der Waals surface area contributed by atoms with E-state index in [0.717, 1.165) is 22.8 Å². The molecule has 0 bridgehead atoms. The van der Waals surface area contributed by atoms with Crippen molar-refractivity contribution in [3.63, 3.8) is 0 Å². The molecular formula is C55H41NO. The quantitative estimate of drug-likeness (QED) is 0.169. The molecule has 0 saturated heterocycles. The van der Waals surface area contributed by atoms with Gasteiger partial charge < -0.3 is 9.64 Å². The second-order valence-corrected chi connectivity index (χ2v) is 16.4. The standard InChI is InChI=1S/C55H41NO/c1-3-15-44-36(11-1)13-9-19-46(44)38-23-29-41(30-24-38)56(42-31-25-39(26-32-42)47-20-10-14-37-12-2-4-16-45(37)47)43-33-27-40(28-34-43)55-35-51(55)53-49-18-6-8-22-52(49)57-54(53)48-17-5-7-21-50(48)55/h1-34,48,50-51,53-54H,35H2. The molecule has 3 aliphatic carbocycles. The smallest absolute Gasteiger partial charge is 0.123 e. The average molecular weight is 732 g/mol. The van der Waals surface area contributed by atoms with E-state index in [1.807, 2.05) is 0 Å². The van der Waals surface area contributed by atoms with Crippen molar-refractivity contribution >= 4 is 38.6 Å². The van der Waals surface area contributed by atoms with E-state index in [1.165, 1.54) is 61.3 Å². The molecule has 2 fully saturated rings. The summed E-state index contributed by atoms with van der Waals surface area (Å²) in [5.74, 6) is 2.86. The van der Waals surface area contributed by atoms with Crippen molar-refractivity contribution in [2.24, 2.45) is 17.8 Å². The summed E-state index contributed by atoms with van der Waals surface area (Å²) in [5.41, 5.74) is 11.3. The first kappa shape index (κ1) is 32.6. The number of fused-ring (bicyclic) bond motifs is 10. The summed E-state index contributed by atoms with van der Waals surface area (Å²) in [6.45, 7) is 0. The van der Waals surface area contributed by atoms with Gasteiger partial charge in [0.25, 0.3) is 0 Å². The van der Waals surface area contributed by atoms with Crippen LogP contribution in [0.25, 0.3) is 43.8 Å². The maximum atomic E-state index is 6.73. The van der Waals surface area contributed by atoms with Gasteiger partial charge in [0.1, 0.15) is 11.9 Å². The van der Waals surface area contributed by atoms with E-state index in [1.54, 1.807) is 0 Å². The van der Waals surface area contributed by atoms with Crippen LogP contribution in [0, 0.1) is 17.8 Å². The highest BCUT2D eigenvalue weighted by atomic mass is 16.5. The van der Waals surface area contributed by atoms with Crippen LogP contribution in [0.4, 0.5) is 17.1 Å². The van der Waals surface area contributed by atoms with E-state index in [4.69, 9.17) is 4.74 Å². The number of nitrogens with zero attached hydrogens (tertiary/aromatic N) is 1. The van der Waals surface area contributed by atoms with Crippen LogP contribution in [0.15, 0.2) is 206 Å².